The summed E-state index contributed by atoms with van der Waals surface area (Å²) in [5.74, 6) is 0.808. The number of benzene rings is 2. The number of hydrogen-bond donors (Lipinski definition) is 4. The molecule has 28 heavy (non-hydrogen) atoms. The van der Waals surface area contributed by atoms with Crippen molar-refractivity contribution in [2.75, 3.05) is 26.2 Å². The van der Waals surface area contributed by atoms with Crippen LogP contribution in [0.2, 0.25) is 0 Å². The van der Waals surface area contributed by atoms with Crippen molar-refractivity contribution in [2.45, 2.75) is 6.10 Å². The molecule has 0 aliphatic carbocycles. The summed E-state index contributed by atoms with van der Waals surface area (Å²) in [7, 11) is 0. The highest BCUT2D eigenvalue weighted by atomic mass is 16.5. The maximum atomic E-state index is 9.99. The number of nitriles is 2. The van der Waals surface area contributed by atoms with Crippen LogP contribution in [-0.2, 0) is 0 Å². The zero-order chi connectivity index (χ0) is 20.0. The summed E-state index contributed by atoms with van der Waals surface area (Å²) in [6, 6.07) is 18.2. The van der Waals surface area contributed by atoms with Gasteiger partial charge in [0, 0.05) is 19.6 Å². The van der Waals surface area contributed by atoms with Crippen molar-refractivity contribution in [2.24, 2.45) is 4.99 Å². The van der Waals surface area contributed by atoms with E-state index >= 15 is 0 Å². The Bertz CT molecular complexity index is 842. The van der Waals surface area contributed by atoms with E-state index in [9.17, 15) is 5.11 Å². The Morgan fingerprint density at radius 1 is 1.07 bits per heavy atom. The van der Waals surface area contributed by atoms with Gasteiger partial charge < -0.3 is 20.5 Å². The molecule has 2 aromatic carbocycles. The molecule has 0 aromatic heterocycles. The van der Waals surface area contributed by atoms with E-state index in [-0.39, 0.29) is 6.61 Å². The van der Waals surface area contributed by atoms with Crippen molar-refractivity contribution in [1.29, 1.82) is 10.5 Å². The molecule has 0 heterocycles. The van der Waals surface area contributed by atoms with Gasteiger partial charge in [0.25, 0.3) is 0 Å². The molecule has 0 aliphatic heterocycles. The molecule has 0 fully saturated rings. The fourth-order valence-corrected chi connectivity index (χ4v) is 2.26. The average molecular weight is 378 g/mol. The Hall–Kier alpha value is -3.59. The minimum absolute atomic E-state index is 0.0792. The smallest absolute Gasteiger partial charge is 0.209 e. The van der Waals surface area contributed by atoms with Gasteiger partial charge in [0.1, 0.15) is 24.5 Å². The fourth-order valence-electron chi connectivity index (χ4n) is 2.26. The monoisotopic (exact) mass is 378 g/mol. The third-order valence-corrected chi connectivity index (χ3v) is 3.58. The number of aliphatic imine (C=N–C) groups is 1. The molecule has 8 heteroatoms. The average Bonchev–Trinajstić information content (AvgIpc) is 2.73. The number of para-hydroxylation sites is 2. The van der Waals surface area contributed by atoms with Crippen molar-refractivity contribution >= 4 is 11.6 Å². The van der Waals surface area contributed by atoms with E-state index in [1.165, 1.54) is 0 Å². The molecule has 8 nitrogen and oxygen atoms in total. The van der Waals surface area contributed by atoms with Crippen LogP contribution in [-0.4, -0.2) is 43.4 Å². The van der Waals surface area contributed by atoms with Gasteiger partial charge >= 0.3 is 0 Å². The lowest BCUT2D eigenvalue weighted by atomic mass is 10.2. The summed E-state index contributed by atoms with van der Waals surface area (Å²) in [4.78, 5) is 4.31. The molecule has 2 rings (SSSR count). The van der Waals surface area contributed by atoms with Crippen molar-refractivity contribution < 1.29 is 9.84 Å². The highest BCUT2D eigenvalue weighted by molar-refractivity contribution is 5.83. The van der Waals surface area contributed by atoms with E-state index in [2.05, 4.69) is 20.9 Å². The second kappa shape index (κ2) is 11.9. The third-order valence-electron chi connectivity index (χ3n) is 3.58. The maximum Gasteiger partial charge on any atom is 0.209 e. The number of aliphatic hydroxyl groups excluding tert-OH is 1. The van der Waals surface area contributed by atoms with E-state index in [0.29, 0.717) is 36.9 Å². The van der Waals surface area contributed by atoms with Gasteiger partial charge in [0.05, 0.1) is 11.3 Å². The zero-order valence-corrected chi connectivity index (χ0v) is 15.3. The number of aliphatic hydroxyl groups is 1. The summed E-state index contributed by atoms with van der Waals surface area (Å²) in [6.07, 6.45) is 1.12. The van der Waals surface area contributed by atoms with Crippen LogP contribution in [0.4, 0.5) is 5.69 Å². The molecule has 144 valence electrons. The number of nitrogens with one attached hydrogen (secondary N) is 3. The normalized spacial score (nSPS) is 11.8. The van der Waals surface area contributed by atoms with Gasteiger partial charge in [-0.15, -0.1) is 0 Å². The van der Waals surface area contributed by atoms with Gasteiger partial charge in [0.2, 0.25) is 5.96 Å². The SMILES string of the molecule is N#CN/C(=N\c1ccccc1)NCCNCC(O)COc1ccccc1C#N. The first-order valence-corrected chi connectivity index (χ1v) is 8.76. The van der Waals surface area contributed by atoms with Crippen LogP contribution in [0.5, 0.6) is 5.75 Å². The lowest BCUT2D eigenvalue weighted by Crippen LogP contribution is -2.40. The molecular formula is C20H22N6O2. The van der Waals surface area contributed by atoms with Crippen molar-refractivity contribution in [3.05, 3.63) is 60.2 Å². The van der Waals surface area contributed by atoms with Crippen LogP contribution in [0, 0.1) is 22.8 Å². The van der Waals surface area contributed by atoms with Crippen molar-refractivity contribution in [1.82, 2.24) is 16.0 Å². The summed E-state index contributed by atoms with van der Waals surface area (Å²) in [6.45, 7) is 1.46. The highest BCUT2D eigenvalue weighted by Crippen LogP contribution is 2.16. The molecule has 0 aliphatic rings. The van der Waals surface area contributed by atoms with Gasteiger partial charge in [-0.1, -0.05) is 30.3 Å². The van der Waals surface area contributed by atoms with Crippen LogP contribution in [0.3, 0.4) is 0 Å². The Kier molecular flexibility index (Phi) is 8.82. The van der Waals surface area contributed by atoms with Crippen molar-refractivity contribution in [3.8, 4) is 18.0 Å². The van der Waals surface area contributed by atoms with Crippen LogP contribution < -0.4 is 20.7 Å². The quantitative estimate of drug-likeness (QED) is 0.170. The molecule has 0 spiro atoms. The molecule has 0 saturated heterocycles. The van der Waals surface area contributed by atoms with Crippen LogP contribution in [0.25, 0.3) is 0 Å². The first kappa shape index (κ1) is 20.7. The molecule has 2 aromatic rings. The molecule has 0 saturated carbocycles. The topological polar surface area (TPSA) is 125 Å². The Morgan fingerprint density at radius 2 is 1.82 bits per heavy atom. The number of nitrogens with zero attached hydrogens (tertiary/aromatic N) is 3. The summed E-state index contributed by atoms with van der Waals surface area (Å²) in [5.41, 5.74) is 1.16. The van der Waals surface area contributed by atoms with E-state index in [4.69, 9.17) is 15.3 Å². The Morgan fingerprint density at radius 3 is 2.57 bits per heavy atom. The lowest BCUT2D eigenvalue weighted by Gasteiger charge is -2.14. The van der Waals surface area contributed by atoms with Gasteiger partial charge in [-0.2, -0.15) is 10.5 Å². The number of hydrogen-bond acceptors (Lipinski definition) is 6. The zero-order valence-electron chi connectivity index (χ0n) is 15.3. The predicted octanol–water partition coefficient (Wildman–Crippen LogP) is 1.24. The maximum absolute atomic E-state index is 9.99. The minimum atomic E-state index is -0.721. The molecule has 4 N–H and O–H groups in total. The minimum Gasteiger partial charge on any atom is -0.489 e. The van der Waals surface area contributed by atoms with E-state index in [1.54, 1.807) is 24.3 Å². The molecule has 0 bridgehead atoms. The van der Waals surface area contributed by atoms with Crippen LogP contribution in [0.1, 0.15) is 5.56 Å². The highest BCUT2D eigenvalue weighted by Gasteiger charge is 2.07. The molecular weight excluding hydrogens is 356 g/mol. The standard InChI is InChI=1S/C20H22N6O2/c21-12-16-6-4-5-9-19(16)28-14-18(27)13-23-10-11-24-20(25-15-22)26-17-7-2-1-3-8-17/h1-9,18,23,27H,10-11,13-14H2,(H2,24,25,26). The lowest BCUT2D eigenvalue weighted by molar-refractivity contribution is 0.106. The number of guanidine groups is 1. The number of ether oxygens (including phenoxy) is 1. The molecule has 0 amide bonds. The first-order chi connectivity index (χ1) is 13.7. The second-order valence-electron chi connectivity index (χ2n) is 5.74. The summed E-state index contributed by atoms with van der Waals surface area (Å²) < 4.78 is 5.49. The molecule has 0 radical (unpaired) electrons. The largest absolute Gasteiger partial charge is 0.489 e. The second-order valence-corrected chi connectivity index (χ2v) is 5.74. The Labute approximate surface area is 164 Å². The molecule has 1 unspecified atom stereocenters. The van der Waals surface area contributed by atoms with E-state index in [0.717, 1.165) is 5.69 Å². The molecule has 1 atom stereocenters. The van der Waals surface area contributed by atoms with E-state index < -0.39 is 6.10 Å². The Balaban J connectivity index is 1.68. The van der Waals surface area contributed by atoms with Gasteiger partial charge in [-0.05, 0) is 24.3 Å². The van der Waals surface area contributed by atoms with Crippen LogP contribution in [0.15, 0.2) is 59.6 Å². The van der Waals surface area contributed by atoms with E-state index in [1.807, 2.05) is 42.6 Å². The van der Waals surface area contributed by atoms with Crippen LogP contribution >= 0.6 is 0 Å². The third kappa shape index (κ3) is 7.34. The van der Waals surface area contributed by atoms with Crippen molar-refractivity contribution in [3.63, 3.8) is 0 Å². The number of rotatable bonds is 9. The first-order valence-electron chi connectivity index (χ1n) is 8.76. The fraction of sp³-hybridized carbons (Fsp3) is 0.250. The van der Waals surface area contributed by atoms with Gasteiger partial charge in [0.15, 0.2) is 6.19 Å². The summed E-state index contributed by atoms with van der Waals surface area (Å²) >= 11 is 0. The summed E-state index contributed by atoms with van der Waals surface area (Å²) in [5, 5.41) is 36.4. The van der Waals surface area contributed by atoms with Gasteiger partial charge in [-0.3, -0.25) is 5.32 Å². The predicted molar refractivity (Wildman–Crippen MR) is 106 cm³/mol. The van der Waals surface area contributed by atoms with Gasteiger partial charge in [-0.25, -0.2) is 4.99 Å².